The van der Waals surface area contributed by atoms with Crippen LogP contribution in [0.3, 0.4) is 0 Å². The number of aliphatic carboxylic acids is 1. The molecule has 0 aliphatic rings. The summed E-state index contributed by atoms with van der Waals surface area (Å²) in [4.78, 5) is 47.7. The first-order valence-corrected chi connectivity index (χ1v) is 8.91. The molecule has 0 aliphatic heterocycles. The fourth-order valence-electron chi connectivity index (χ4n) is 2.37. The number of carboxylic acids is 1. The molecule has 156 valence electrons. The lowest BCUT2D eigenvalue weighted by atomic mass is 10.0. The zero-order valence-electron chi connectivity index (χ0n) is 16.5. The summed E-state index contributed by atoms with van der Waals surface area (Å²) in [6, 6.07) is -3.47. The van der Waals surface area contributed by atoms with E-state index in [0.29, 0.717) is 0 Å². The summed E-state index contributed by atoms with van der Waals surface area (Å²) in [7, 11) is 0. The number of rotatable bonds is 11. The van der Waals surface area contributed by atoms with Crippen molar-refractivity contribution >= 4 is 23.7 Å². The van der Waals surface area contributed by atoms with Gasteiger partial charge in [-0.15, -0.1) is 0 Å². The van der Waals surface area contributed by atoms with Crippen molar-refractivity contribution in [2.45, 2.75) is 65.3 Å². The van der Waals surface area contributed by atoms with E-state index in [4.69, 9.17) is 5.73 Å². The highest BCUT2D eigenvalue weighted by molar-refractivity contribution is 5.94. The molecule has 0 aromatic rings. The van der Waals surface area contributed by atoms with E-state index in [2.05, 4.69) is 16.0 Å². The van der Waals surface area contributed by atoms with Gasteiger partial charge >= 0.3 is 5.97 Å². The molecule has 0 bridgehead atoms. The summed E-state index contributed by atoms with van der Waals surface area (Å²) < 4.78 is 0. The average molecular weight is 388 g/mol. The second kappa shape index (κ2) is 11.5. The second-order valence-electron chi connectivity index (χ2n) is 7.25. The monoisotopic (exact) mass is 388 g/mol. The van der Waals surface area contributed by atoms with E-state index in [1.54, 1.807) is 13.8 Å². The van der Waals surface area contributed by atoms with Gasteiger partial charge in [0, 0.05) is 0 Å². The van der Waals surface area contributed by atoms with Crippen LogP contribution in [0.5, 0.6) is 0 Å². The summed E-state index contributed by atoms with van der Waals surface area (Å²) in [5.74, 6) is -3.52. The van der Waals surface area contributed by atoms with Crippen LogP contribution in [0.4, 0.5) is 0 Å². The number of hydrogen-bond donors (Lipinski definition) is 6. The molecular formula is C17H32N4O6. The Morgan fingerprint density at radius 3 is 1.78 bits per heavy atom. The van der Waals surface area contributed by atoms with E-state index < -0.39 is 47.9 Å². The smallest absolute Gasteiger partial charge is 0.326 e. The molecule has 0 aromatic carbocycles. The van der Waals surface area contributed by atoms with Gasteiger partial charge in [-0.25, -0.2) is 4.79 Å². The van der Waals surface area contributed by atoms with Crippen LogP contribution in [0.15, 0.2) is 0 Å². The summed E-state index contributed by atoms with van der Waals surface area (Å²) in [5.41, 5.74) is 5.24. The van der Waals surface area contributed by atoms with Crippen LogP contribution in [0, 0.1) is 11.8 Å². The van der Waals surface area contributed by atoms with Crippen molar-refractivity contribution in [2.75, 3.05) is 6.54 Å². The van der Waals surface area contributed by atoms with Crippen LogP contribution < -0.4 is 21.7 Å². The van der Waals surface area contributed by atoms with E-state index in [9.17, 15) is 29.4 Å². The lowest BCUT2D eigenvalue weighted by Gasteiger charge is -2.27. The van der Waals surface area contributed by atoms with E-state index in [1.165, 1.54) is 6.92 Å². The standard InChI is InChI=1S/C17H32N4O6/c1-8(2)6-11(17(26)27)19-16(25)14(10(5)22)21-15(24)13(9(3)4)20-12(23)7-18/h8-11,13-14,22H,6-7,18H2,1-5H3,(H,19,25)(H,20,23)(H,21,24)(H,26,27). The predicted molar refractivity (Wildman–Crippen MR) is 98.5 cm³/mol. The van der Waals surface area contributed by atoms with Crippen LogP contribution in [-0.4, -0.2) is 64.7 Å². The Hall–Kier alpha value is -2.20. The van der Waals surface area contributed by atoms with Crippen LogP contribution in [0.25, 0.3) is 0 Å². The van der Waals surface area contributed by atoms with E-state index in [0.717, 1.165) is 0 Å². The lowest BCUT2D eigenvalue weighted by molar-refractivity contribution is -0.143. The molecule has 3 amide bonds. The number of amides is 3. The summed E-state index contributed by atoms with van der Waals surface area (Å²) >= 11 is 0. The van der Waals surface area contributed by atoms with Crippen molar-refractivity contribution in [3.05, 3.63) is 0 Å². The number of aliphatic hydroxyl groups excluding tert-OH is 1. The molecule has 4 unspecified atom stereocenters. The molecule has 0 fully saturated rings. The minimum atomic E-state index is -1.37. The molecule has 0 heterocycles. The van der Waals surface area contributed by atoms with Gasteiger partial charge in [0.1, 0.15) is 18.1 Å². The molecule has 10 nitrogen and oxygen atoms in total. The third-order valence-electron chi connectivity index (χ3n) is 3.84. The molecule has 4 atom stereocenters. The van der Waals surface area contributed by atoms with E-state index in [-0.39, 0.29) is 24.8 Å². The summed E-state index contributed by atoms with van der Waals surface area (Å²) in [6.45, 7) is 8.01. The topological polar surface area (TPSA) is 171 Å². The van der Waals surface area contributed by atoms with Crippen molar-refractivity contribution in [2.24, 2.45) is 17.6 Å². The molecule has 0 saturated carbocycles. The normalized spacial score (nSPS) is 15.6. The maximum absolute atomic E-state index is 12.5. The van der Waals surface area contributed by atoms with Crippen molar-refractivity contribution in [3.8, 4) is 0 Å². The Morgan fingerprint density at radius 1 is 0.889 bits per heavy atom. The Labute approximate surface area is 159 Å². The van der Waals surface area contributed by atoms with Gasteiger partial charge in [-0.1, -0.05) is 27.7 Å². The highest BCUT2D eigenvalue weighted by Gasteiger charge is 2.33. The lowest BCUT2D eigenvalue weighted by Crippen LogP contribution is -2.60. The fraction of sp³-hybridized carbons (Fsp3) is 0.765. The molecule has 0 radical (unpaired) electrons. The number of hydrogen-bond acceptors (Lipinski definition) is 6. The molecule has 0 aliphatic carbocycles. The van der Waals surface area contributed by atoms with Crippen molar-refractivity contribution in [3.63, 3.8) is 0 Å². The molecule has 0 saturated heterocycles. The maximum atomic E-state index is 12.5. The van der Waals surface area contributed by atoms with Gasteiger partial charge in [-0.2, -0.15) is 0 Å². The molecule has 0 aromatic heterocycles. The molecule has 27 heavy (non-hydrogen) atoms. The third kappa shape index (κ3) is 8.83. The highest BCUT2D eigenvalue weighted by atomic mass is 16.4. The van der Waals surface area contributed by atoms with Gasteiger partial charge in [-0.05, 0) is 25.2 Å². The number of nitrogens with two attached hydrogens (primary N) is 1. The van der Waals surface area contributed by atoms with Crippen LogP contribution in [0.1, 0.15) is 41.0 Å². The van der Waals surface area contributed by atoms with Crippen LogP contribution >= 0.6 is 0 Å². The summed E-state index contributed by atoms with van der Waals surface area (Å²) in [5, 5.41) is 26.3. The Kier molecular flexibility index (Phi) is 10.6. The molecule has 0 rings (SSSR count). The Morgan fingerprint density at radius 2 is 1.41 bits per heavy atom. The zero-order valence-corrected chi connectivity index (χ0v) is 16.5. The number of aliphatic hydroxyl groups is 1. The third-order valence-corrected chi connectivity index (χ3v) is 3.84. The van der Waals surface area contributed by atoms with Crippen molar-refractivity contribution < 1.29 is 29.4 Å². The first-order valence-electron chi connectivity index (χ1n) is 8.91. The zero-order chi connectivity index (χ0) is 21.3. The number of nitrogens with one attached hydrogen (secondary N) is 3. The van der Waals surface area contributed by atoms with Crippen LogP contribution in [0.2, 0.25) is 0 Å². The van der Waals surface area contributed by atoms with Gasteiger partial charge in [0.15, 0.2) is 0 Å². The second-order valence-corrected chi connectivity index (χ2v) is 7.25. The van der Waals surface area contributed by atoms with Gasteiger partial charge in [0.25, 0.3) is 0 Å². The SMILES string of the molecule is CC(C)CC(NC(=O)C(NC(=O)C(NC(=O)CN)C(C)C)C(C)O)C(=O)O. The quantitative estimate of drug-likeness (QED) is 0.252. The first kappa shape index (κ1) is 24.8. The highest BCUT2D eigenvalue weighted by Crippen LogP contribution is 2.07. The molecular weight excluding hydrogens is 356 g/mol. The maximum Gasteiger partial charge on any atom is 0.326 e. The number of carboxylic acid groups (broad SMARTS) is 1. The van der Waals surface area contributed by atoms with Gasteiger partial charge in [0.05, 0.1) is 12.6 Å². The van der Waals surface area contributed by atoms with Gasteiger partial charge in [-0.3, -0.25) is 14.4 Å². The van der Waals surface area contributed by atoms with E-state index in [1.807, 2.05) is 13.8 Å². The van der Waals surface area contributed by atoms with Gasteiger partial charge in [0.2, 0.25) is 17.7 Å². The minimum absolute atomic E-state index is 0.0165. The van der Waals surface area contributed by atoms with Gasteiger partial charge < -0.3 is 31.9 Å². The fourth-order valence-corrected chi connectivity index (χ4v) is 2.37. The Bertz CT molecular complexity index is 536. The average Bonchev–Trinajstić information content (AvgIpc) is 2.54. The Balaban J connectivity index is 5.24. The summed E-state index contributed by atoms with van der Waals surface area (Å²) in [6.07, 6.45) is -1.08. The number of carbonyl (C=O) groups is 4. The van der Waals surface area contributed by atoms with Crippen molar-refractivity contribution in [1.29, 1.82) is 0 Å². The number of carbonyl (C=O) groups excluding carboxylic acids is 3. The largest absolute Gasteiger partial charge is 0.480 e. The minimum Gasteiger partial charge on any atom is -0.480 e. The predicted octanol–water partition coefficient (Wildman–Crippen LogP) is -1.43. The molecule has 7 N–H and O–H groups in total. The van der Waals surface area contributed by atoms with E-state index >= 15 is 0 Å². The van der Waals surface area contributed by atoms with Crippen LogP contribution in [-0.2, 0) is 19.2 Å². The first-order chi connectivity index (χ1) is 12.4. The molecule has 10 heteroatoms. The van der Waals surface area contributed by atoms with Crippen molar-refractivity contribution in [1.82, 2.24) is 16.0 Å². The molecule has 0 spiro atoms.